The Hall–Kier alpha value is -1.03. The van der Waals surface area contributed by atoms with Gasteiger partial charge in [-0.15, -0.1) is 0 Å². The Balaban J connectivity index is 2.71. The molecule has 0 spiro atoms. The molecular formula is C5H8N2O2. The van der Waals surface area contributed by atoms with Gasteiger partial charge in [0.05, 0.1) is 0 Å². The predicted molar refractivity (Wildman–Crippen MR) is 31.4 cm³/mol. The van der Waals surface area contributed by atoms with Crippen LogP contribution < -0.4 is 10.6 Å². The second-order valence-electron chi connectivity index (χ2n) is 2.08. The summed E-state index contributed by atoms with van der Waals surface area (Å²) in [5.41, 5.74) is -1.19. The van der Waals surface area contributed by atoms with E-state index in [9.17, 15) is 4.79 Å². The second-order valence-corrected chi connectivity index (χ2v) is 2.08. The zero-order chi connectivity index (χ0) is 6.91. The van der Waals surface area contributed by atoms with Gasteiger partial charge in [0, 0.05) is 6.20 Å². The number of urea groups is 1. The van der Waals surface area contributed by atoms with Crippen LogP contribution in [0.3, 0.4) is 0 Å². The summed E-state index contributed by atoms with van der Waals surface area (Å²) in [6.45, 7) is 1.49. The molecule has 4 heteroatoms. The van der Waals surface area contributed by atoms with E-state index in [4.69, 9.17) is 5.11 Å². The van der Waals surface area contributed by atoms with Crippen LogP contribution in [0, 0.1) is 0 Å². The average molecular weight is 128 g/mol. The van der Waals surface area contributed by atoms with Crippen molar-refractivity contribution in [2.45, 2.75) is 12.6 Å². The molecule has 0 fully saturated rings. The van der Waals surface area contributed by atoms with Gasteiger partial charge in [0.1, 0.15) is 0 Å². The summed E-state index contributed by atoms with van der Waals surface area (Å²) in [7, 11) is 0. The number of amides is 2. The third-order valence-electron chi connectivity index (χ3n) is 0.989. The van der Waals surface area contributed by atoms with Gasteiger partial charge in [-0.2, -0.15) is 0 Å². The summed E-state index contributed by atoms with van der Waals surface area (Å²) >= 11 is 0. The Labute approximate surface area is 52.6 Å². The highest BCUT2D eigenvalue weighted by molar-refractivity contribution is 5.77. The molecule has 0 aromatic rings. The van der Waals surface area contributed by atoms with Crippen LogP contribution in [0.1, 0.15) is 6.92 Å². The molecule has 50 valence electrons. The lowest BCUT2D eigenvalue weighted by molar-refractivity contribution is 0.0800. The molecule has 0 radical (unpaired) electrons. The van der Waals surface area contributed by atoms with Crippen molar-refractivity contribution in [2.24, 2.45) is 0 Å². The van der Waals surface area contributed by atoms with E-state index in [1.54, 1.807) is 0 Å². The predicted octanol–water partition coefficient (Wildman–Crippen LogP) is -0.479. The van der Waals surface area contributed by atoms with Crippen molar-refractivity contribution >= 4 is 6.03 Å². The first-order valence-corrected chi connectivity index (χ1v) is 2.59. The minimum Gasteiger partial charge on any atom is -0.368 e. The Morgan fingerprint density at radius 3 is 2.78 bits per heavy atom. The van der Waals surface area contributed by atoms with Gasteiger partial charge in [-0.1, -0.05) is 0 Å². The number of carbonyl (C=O) groups is 1. The van der Waals surface area contributed by atoms with E-state index in [1.807, 2.05) is 0 Å². The summed E-state index contributed by atoms with van der Waals surface area (Å²) in [6, 6.07) is -0.387. The van der Waals surface area contributed by atoms with Crippen LogP contribution in [0.25, 0.3) is 0 Å². The van der Waals surface area contributed by atoms with Crippen molar-refractivity contribution in [2.75, 3.05) is 0 Å². The Bertz CT molecular complexity index is 162. The molecular weight excluding hydrogens is 120 g/mol. The quantitative estimate of drug-likeness (QED) is 0.412. The normalized spacial score (nSPS) is 33.3. The lowest BCUT2D eigenvalue weighted by atomic mass is 10.2. The Morgan fingerprint density at radius 1 is 1.78 bits per heavy atom. The van der Waals surface area contributed by atoms with E-state index >= 15 is 0 Å². The fourth-order valence-corrected chi connectivity index (χ4v) is 0.587. The number of carbonyl (C=O) groups excluding carboxylic acids is 1. The number of nitrogens with one attached hydrogen (secondary N) is 2. The maximum Gasteiger partial charge on any atom is 0.321 e. The van der Waals surface area contributed by atoms with Gasteiger partial charge in [-0.3, -0.25) is 0 Å². The molecule has 1 unspecified atom stereocenters. The molecule has 1 aliphatic rings. The smallest absolute Gasteiger partial charge is 0.321 e. The lowest BCUT2D eigenvalue weighted by Crippen LogP contribution is -2.51. The summed E-state index contributed by atoms with van der Waals surface area (Å²) in [4.78, 5) is 10.4. The largest absolute Gasteiger partial charge is 0.368 e. The fraction of sp³-hybridized carbons (Fsp3) is 0.400. The highest BCUT2D eigenvalue weighted by Gasteiger charge is 2.21. The molecule has 4 nitrogen and oxygen atoms in total. The van der Waals surface area contributed by atoms with Crippen LogP contribution in [-0.2, 0) is 0 Å². The molecule has 1 rings (SSSR count). The van der Waals surface area contributed by atoms with Crippen molar-refractivity contribution < 1.29 is 9.90 Å². The van der Waals surface area contributed by atoms with E-state index in [1.165, 1.54) is 19.2 Å². The van der Waals surface area contributed by atoms with Gasteiger partial charge in [-0.05, 0) is 13.0 Å². The van der Waals surface area contributed by atoms with Crippen LogP contribution in [0.5, 0.6) is 0 Å². The summed E-state index contributed by atoms with van der Waals surface area (Å²) in [6.07, 6.45) is 2.85. The SMILES string of the molecule is CC1(O)C=CNC(=O)N1. The molecule has 0 aliphatic carbocycles. The molecule has 3 N–H and O–H groups in total. The van der Waals surface area contributed by atoms with Crippen LogP contribution in [0.2, 0.25) is 0 Å². The van der Waals surface area contributed by atoms with Crippen molar-refractivity contribution in [1.29, 1.82) is 0 Å². The number of hydrogen-bond donors (Lipinski definition) is 3. The Kier molecular flexibility index (Phi) is 1.17. The zero-order valence-corrected chi connectivity index (χ0v) is 5.01. The molecule has 0 aromatic heterocycles. The Morgan fingerprint density at radius 2 is 2.44 bits per heavy atom. The summed E-state index contributed by atoms with van der Waals surface area (Å²) < 4.78 is 0. The van der Waals surface area contributed by atoms with Gasteiger partial charge in [0.25, 0.3) is 0 Å². The molecule has 9 heavy (non-hydrogen) atoms. The monoisotopic (exact) mass is 128 g/mol. The van der Waals surface area contributed by atoms with E-state index in [0.29, 0.717) is 0 Å². The standard InChI is InChI=1S/C5H8N2O2/c1-5(9)2-3-6-4(8)7-5/h2-3,9H,1H3,(H2,6,7,8). The third kappa shape index (κ3) is 1.43. The second kappa shape index (κ2) is 1.73. The summed E-state index contributed by atoms with van der Waals surface area (Å²) in [5, 5.41) is 13.7. The minimum absolute atomic E-state index is 0.387. The first kappa shape index (κ1) is 6.10. The number of aliphatic hydroxyl groups is 1. The fourth-order valence-electron chi connectivity index (χ4n) is 0.587. The molecule has 0 bridgehead atoms. The van der Waals surface area contributed by atoms with Crippen LogP contribution in [0.15, 0.2) is 12.3 Å². The van der Waals surface area contributed by atoms with Gasteiger partial charge in [-0.25, -0.2) is 4.79 Å². The van der Waals surface area contributed by atoms with E-state index < -0.39 is 5.72 Å². The van der Waals surface area contributed by atoms with Crippen LogP contribution >= 0.6 is 0 Å². The topological polar surface area (TPSA) is 61.4 Å². The van der Waals surface area contributed by atoms with E-state index in [2.05, 4.69) is 10.6 Å². The van der Waals surface area contributed by atoms with E-state index in [0.717, 1.165) is 0 Å². The van der Waals surface area contributed by atoms with Crippen LogP contribution in [-0.4, -0.2) is 16.9 Å². The molecule has 1 atom stereocenters. The first-order valence-electron chi connectivity index (χ1n) is 2.59. The van der Waals surface area contributed by atoms with Gasteiger partial charge < -0.3 is 15.7 Å². The molecule has 0 aromatic carbocycles. The molecule has 1 aliphatic heterocycles. The van der Waals surface area contributed by atoms with Crippen LogP contribution in [0.4, 0.5) is 4.79 Å². The van der Waals surface area contributed by atoms with Crippen molar-refractivity contribution in [1.82, 2.24) is 10.6 Å². The zero-order valence-electron chi connectivity index (χ0n) is 5.01. The maximum absolute atomic E-state index is 10.4. The minimum atomic E-state index is -1.19. The molecule has 1 heterocycles. The highest BCUT2D eigenvalue weighted by Crippen LogP contribution is 2.01. The van der Waals surface area contributed by atoms with Crippen molar-refractivity contribution in [3.8, 4) is 0 Å². The van der Waals surface area contributed by atoms with Gasteiger partial charge in [0.15, 0.2) is 5.72 Å². The molecule has 0 saturated heterocycles. The van der Waals surface area contributed by atoms with Crippen molar-refractivity contribution in [3.63, 3.8) is 0 Å². The highest BCUT2D eigenvalue weighted by atomic mass is 16.3. The van der Waals surface area contributed by atoms with E-state index in [-0.39, 0.29) is 6.03 Å². The number of hydrogen-bond acceptors (Lipinski definition) is 2. The maximum atomic E-state index is 10.4. The molecule has 0 saturated carbocycles. The molecule has 2 amide bonds. The number of rotatable bonds is 0. The van der Waals surface area contributed by atoms with Gasteiger partial charge in [0.2, 0.25) is 0 Å². The summed E-state index contributed by atoms with van der Waals surface area (Å²) in [5.74, 6) is 0. The third-order valence-corrected chi connectivity index (χ3v) is 0.989. The lowest BCUT2D eigenvalue weighted by Gasteiger charge is -2.23. The first-order chi connectivity index (χ1) is 4.10. The van der Waals surface area contributed by atoms with Gasteiger partial charge >= 0.3 is 6.03 Å². The van der Waals surface area contributed by atoms with Crippen molar-refractivity contribution in [3.05, 3.63) is 12.3 Å². The average Bonchev–Trinajstić information content (AvgIpc) is 1.60.